The van der Waals surface area contributed by atoms with E-state index in [0.29, 0.717) is 12.2 Å². The molecular formula is C18H20F3N7O2S. The monoisotopic (exact) mass is 455 g/mol. The summed E-state index contributed by atoms with van der Waals surface area (Å²) in [5.74, 6) is -0.112. The lowest BCUT2D eigenvalue weighted by Gasteiger charge is -2.14. The molecule has 3 aromatic rings. The minimum Gasteiger partial charge on any atom is -0.382 e. The largest absolute Gasteiger partial charge is 0.416 e. The second-order valence-electron chi connectivity index (χ2n) is 6.54. The number of hydrogen-bond donors (Lipinski definition) is 2. The molecule has 0 spiro atoms. The normalized spacial score (nSPS) is 12.2. The van der Waals surface area contributed by atoms with Crippen LogP contribution in [0.3, 0.4) is 0 Å². The molecule has 0 aliphatic heterocycles. The molecule has 9 nitrogen and oxygen atoms in total. The van der Waals surface area contributed by atoms with E-state index in [1.54, 1.807) is 0 Å². The van der Waals surface area contributed by atoms with Gasteiger partial charge in [0.15, 0.2) is 21.5 Å². The Morgan fingerprint density at radius 1 is 1.16 bits per heavy atom. The maximum atomic E-state index is 13.1. The predicted octanol–water partition coefficient (Wildman–Crippen LogP) is 2.77. The van der Waals surface area contributed by atoms with Crippen molar-refractivity contribution in [2.24, 2.45) is 7.05 Å². The number of pyridine rings is 2. The first-order valence-corrected chi connectivity index (χ1v) is 10.8. The van der Waals surface area contributed by atoms with Crippen LogP contribution in [0.5, 0.6) is 0 Å². The number of hydrogen-bond acceptors (Lipinski definition) is 8. The number of nitrogens with zero attached hydrogens (tertiary/aromatic N) is 5. The first kappa shape index (κ1) is 22.5. The van der Waals surface area contributed by atoms with Gasteiger partial charge in [-0.2, -0.15) is 13.2 Å². The average Bonchev–Trinajstić information content (AvgIpc) is 3.10. The molecule has 0 bridgehead atoms. The van der Waals surface area contributed by atoms with Gasteiger partial charge >= 0.3 is 6.18 Å². The lowest BCUT2D eigenvalue weighted by atomic mass is 10.2. The van der Waals surface area contributed by atoms with Crippen molar-refractivity contribution in [1.82, 2.24) is 24.7 Å². The second-order valence-corrected chi connectivity index (χ2v) is 8.78. The Kier molecular flexibility index (Phi) is 5.89. The van der Waals surface area contributed by atoms with Crippen LogP contribution in [0, 0.1) is 0 Å². The molecular weight excluding hydrogens is 435 g/mol. The van der Waals surface area contributed by atoms with Crippen molar-refractivity contribution in [2.75, 3.05) is 23.3 Å². The number of sulfone groups is 1. The molecule has 0 aromatic carbocycles. The van der Waals surface area contributed by atoms with E-state index >= 15 is 0 Å². The molecule has 166 valence electrons. The summed E-state index contributed by atoms with van der Waals surface area (Å²) >= 11 is 0. The third-order valence-corrected chi connectivity index (χ3v) is 6.24. The number of nitrogens with one attached hydrogen (secondary N) is 1. The smallest absolute Gasteiger partial charge is 0.382 e. The van der Waals surface area contributed by atoms with Gasteiger partial charge in [0.1, 0.15) is 17.2 Å². The van der Waals surface area contributed by atoms with Crippen LogP contribution in [-0.4, -0.2) is 45.4 Å². The molecule has 0 aliphatic rings. The topological polar surface area (TPSA) is 129 Å². The fraction of sp³-hybridized carbons (Fsp3) is 0.333. The number of aromatic nitrogens is 5. The quantitative estimate of drug-likeness (QED) is 0.581. The van der Waals surface area contributed by atoms with Crippen LogP contribution in [0.2, 0.25) is 0 Å². The van der Waals surface area contributed by atoms with Crippen molar-refractivity contribution in [3.05, 3.63) is 30.0 Å². The van der Waals surface area contributed by atoms with Gasteiger partial charge in [-0.3, -0.25) is 4.98 Å². The number of nitrogens with two attached hydrogens (primary N) is 1. The van der Waals surface area contributed by atoms with Crippen LogP contribution >= 0.6 is 0 Å². The highest BCUT2D eigenvalue weighted by Gasteiger charge is 2.32. The Balaban J connectivity index is 2.20. The molecule has 3 heterocycles. The summed E-state index contributed by atoms with van der Waals surface area (Å²) in [6.07, 6.45) is -3.54. The second kappa shape index (κ2) is 8.13. The van der Waals surface area contributed by atoms with Crippen LogP contribution in [-0.2, 0) is 23.1 Å². The Morgan fingerprint density at radius 2 is 1.84 bits per heavy atom. The van der Waals surface area contributed by atoms with Crippen LogP contribution in [0.4, 0.5) is 24.7 Å². The number of anilines is 2. The lowest BCUT2D eigenvalue weighted by molar-refractivity contribution is -0.137. The van der Waals surface area contributed by atoms with E-state index in [1.807, 2.05) is 6.92 Å². The molecule has 0 saturated carbocycles. The van der Waals surface area contributed by atoms with E-state index < -0.39 is 21.6 Å². The molecule has 0 fully saturated rings. The maximum absolute atomic E-state index is 13.1. The van der Waals surface area contributed by atoms with E-state index in [2.05, 4.69) is 25.5 Å². The molecule has 0 amide bonds. The molecule has 0 saturated heterocycles. The molecule has 0 radical (unpaired) electrons. The van der Waals surface area contributed by atoms with Crippen LogP contribution in [0.1, 0.15) is 19.4 Å². The maximum Gasteiger partial charge on any atom is 0.416 e. The predicted molar refractivity (Wildman–Crippen MR) is 109 cm³/mol. The Hall–Kier alpha value is -3.22. The molecule has 3 N–H and O–H groups in total. The van der Waals surface area contributed by atoms with Gasteiger partial charge in [-0.05, 0) is 25.1 Å². The minimum atomic E-state index is -4.56. The highest BCUT2D eigenvalue weighted by molar-refractivity contribution is 7.91. The summed E-state index contributed by atoms with van der Waals surface area (Å²) in [4.78, 5) is 8.04. The fourth-order valence-electron chi connectivity index (χ4n) is 2.88. The summed E-state index contributed by atoms with van der Waals surface area (Å²) < 4.78 is 65.9. The van der Waals surface area contributed by atoms with Gasteiger partial charge in [-0.25, -0.2) is 13.4 Å². The molecule has 3 rings (SSSR count). The summed E-state index contributed by atoms with van der Waals surface area (Å²) in [5, 5.41) is 10.8. The van der Waals surface area contributed by atoms with E-state index in [9.17, 15) is 21.6 Å². The molecule has 13 heteroatoms. The van der Waals surface area contributed by atoms with Gasteiger partial charge < -0.3 is 15.6 Å². The third-order valence-electron chi connectivity index (χ3n) is 4.50. The zero-order chi connectivity index (χ0) is 23.0. The summed E-state index contributed by atoms with van der Waals surface area (Å²) in [6.45, 7) is 3.79. The van der Waals surface area contributed by atoms with Crippen molar-refractivity contribution >= 4 is 21.3 Å². The van der Waals surface area contributed by atoms with Crippen molar-refractivity contribution in [2.45, 2.75) is 24.9 Å². The first-order chi connectivity index (χ1) is 14.5. The van der Waals surface area contributed by atoms with E-state index in [4.69, 9.17) is 5.73 Å². The van der Waals surface area contributed by atoms with Gasteiger partial charge in [-0.15, -0.1) is 10.2 Å². The molecule has 0 unspecified atom stereocenters. The molecule has 31 heavy (non-hydrogen) atoms. The first-order valence-electron chi connectivity index (χ1n) is 9.20. The summed E-state index contributed by atoms with van der Waals surface area (Å²) in [5.41, 5.74) is 5.30. The van der Waals surface area contributed by atoms with Crippen molar-refractivity contribution < 1.29 is 21.6 Å². The van der Waals surface area contributed by atoms with Crippen LogP contribution in [0.25, 0.3) is 23.0 Å². The number of rotatable bonds is 6. The Bertz CT molecular complexity index is 1220. The number of alkyl halides is 3. The van der Waals surface area contributed by atoms with Crippen molar-refractivity contribution in [3.8, 4) is 23.0 Å². The van der Waals surface area contributed by atoms with E-state index in [-0.39, 0.29) is 39.5 Å². The van der Waals surface area contributed by atoms with E-state index in [1.165, 1.54) is 24.6 Å². The molecule has 3 aromatic heterocycles. The average molecular weight is 455 g/mol. The highest BCUT2D eigenvalue weighted by Crippen LogP contribution is 2.34. The van der Waals surface area contributed by atoms with Crippen molar-refractivity contribution in [1.29, 1.82) is 0 Å². The van der Waals surface area contributed by atoms with Gasteiger partial charge in [0.2, 0.25) is 0 Å². The standard InChI is InChI=1S/C18H20F3N7O2S/c1-4-23-11-9-13(31(29,30)5-2)14(25-15(11)22)17-27-26-16(28(17)3)12-8-10(6-7-24-12)18(19,20)21/h6-9,23H,4-5H2,1-3H3,(H2,22,25). The zero-order valence-electron chi connectivity index (χ0n) is 16.9. The third kappa shape index (κ3) is 4.31. The lowest BCUT2D eigenvalue weighted by Crippen LogP contribution is -2.12. The van der Waals surface area contributed by atoms with Gasteiger partial charge in [0.05, 0.1) is 21.9 Å². The number of nitrogen functional groups attached to an aromatic ring is 1. The van der Waals surface area contributed by atoms with Crippen LogP contribution in [0.15, 0.2) is 29.3 Å². The van der Waals surface area contributed by atoms with Gasteiger partial charge in [-0.1, -0.05) is 6.92 Å². The van der Waals surface area contributed by atoms with Crippen molar-refractivity contribution in [3.63, 3.8) is 0 Å². The Labute approximate surface area is 176 Å². The molecule has 0 aliphatic carbocycles. The zero-order valence-corrected chi connectivity index (χ0v) is 17.7. The number of halogens is 3. The van der Waals surface area contributed by atoms with Gasteiger partial charge in [0, 0.05) is 19.8 Å². The van der Waals surface area contributed by atoms with Gasteiger partial charge in [0.25, 0.3) is 0 Å². The highest BCUT2D eigenvalue weighted by atomic mass is 32.2. The summed E-state index contributed by atoms with van der Waals surface area (Å²) in [7, 11) is -2.26. The Morgan fingerprint density at radius 3 is 2.45 bits per heavy atom. The van der Waals surface area contributed by atoms with Crippen LogP contribution < -0.4 is 11.1 Å². The SMILES string of the molecule is CCNc1cc(S(=O)(=O)CC)c(-c2nnc(-c3cc(C(F)(F)F)ccn3)n2C)nc1N. The fourth-order valence-corrected chi connectivity index (χ4v) is 3.92. The van der Waals surface area contributed by atoms with E-state index in [0.717, 1.165) is 18.3 Å². The minimum absolute atomic E-state index is 0.0112. The summed E-state index contributed by atoms with van der Waals surface area (Å²) in [6, 6.07) is 3.05. The molecule has 0 atom stereocenters.